The van der Waals surface area contributed by atoms with Crippen molar-refractivity contribution in [3.05, 3.63) is 67.7 Å². The van der Waals surface area contributed by atoms with Gasteiger partial charge in [-0.05, 0) is 45.8 Å². The first-order chi connectivity index (χ1) is 11.9. The number of hydrogen-bond acceptors (Lipinski definition) is 3. The second kappa shape index (κ2) is 7.47. The second-order valence-electron chi connectivity index (χ2n) is 5.16. The lowest BCUT2D eigenvalue weighted by Gasteiger charge is -2.12. The molecule has 1 fully saturated rings. The number of carbonyl (C=O) groups excluding carboxylic acids is 2. The van der Waals surface area contributed by atoms with Crippen LogP contribution in [0.3, 0.4) is 0 Å². The summed E-state index contributed by atoms with van der Waals surface area (Å²) in [7, 11) is 0. The average Bonchev–Trinajstić information content (AvgIpc) is 2.85. The van der Waals surface area contributed by atoms with Crippen LogP contribution in [0.4, 0.5) is 4.79 Å². The second-order valence-corrected chi connectivity index (χ2v) is 6.83. The summed E-state index contributed by atoms with van der Waals surface area (Å²) in [6.45, 7) is 0.261. The van der Waals surface area contributed by atoms with Crippen LogP contribution in [0.5, 0.6) is 5.75 Å². The summed E-state index contributed by atoms with van der Waals surface area (Å²) in [5.41, 5.74) is 1.62. The molecule has 0 aliphatic carbocycles. The van der Waals surface area contributed by atoms with E-state index >= 15 is 0 Å². The van der Waals surface area contributed by atoms with Crippen LogP contribution in [0.2, 0.25) is 10.0 Å². The van der Waals surface area contributed by atoms with E-state index in [1.54, 1.807) is 18.2 Å². The SMILES string of the molecule is O=C1NC(=O)/C(=C\c2cc(Cl)c(OCc3ccccc3Cl)c(Br)c2)N1. The summed E-state index contributed by atoms with van der Waals surface area (Å²) in [5.74, 6) is -0.0278. The minimum absolute atomic E-state index is 0.151. The number of carbonyl (C=O) groups is 2. The number of imide groups is 1. The molecule has 2 aromatic carbocycles. The molecule has 1 aliphatic rings. The highest BCUT2D eigenvalue weighted by molar-refractivity contribution is 9.10. The molecular weight excluding hydrogens is 431 g/mol. The third-order valence-electron chi connectivity index (χ3n) is 3.38. The van der Waals surface area contributed by atoms with Crippen molar-refractivity contribution in [1.82, 2.24) is 10.6 Å². The first-order valence-electron chi connectivity index (χ1n) is 7.13. The number of nitrogens with one attached hydrogen (secondary N) is 2. The molecule has 0 spiro atoms. The molecule has 0 bridgehead atoms. The van der Waals surface area contributed by atoms with Gasteiger partial charge in [0.1, 0.15) is 12.3 Å². The highest BCUT2D eigenvalue weighted by atomic mass is 79.9. The van der Waals surface area contributed by atoms with Gasteiger partial charge in [-0.1, -0.05) is 41.4 Å². The Labute approximate surface area is 162 Å². The van der Waals surface area contributed by atoms with Crippen molar-refractivity contribution < 1.29 is 14.3 Å². The van der Waals surface area contributed by atoms with E-state index in [-0.39, 0.29) is 12.3 Å². The summed E-state index contributed by atoms with van der Waals surface area (Å²) in [4.78, 5) is 22.7. The van der Waals surface area contributed by atoms with E-state index in [9.17, 15) is 9.59 Å². The zero-order valence-electron chi connectivity index (χ0n) is 12.6. The highest BCUT2D eigenvalue weighted by Gasteiger charge is 2.23. The molecule has 2 aromatic rings. The van der Waals surface area contributed by atoms with Crippen LogP contribution in [0, 0.1) is 0 Å². The van der Waals surface area contributed by atoms with Crippen molar-refractivity contribution in [3.8, 4) is 5.75 Å². The van der Waals surface area contributed by atoms with Gasteiger partial charge in [-0.15, -0.1) is 0 Å². The van der Waals surface area contributed by atoms with Gasteiger partial charge in [0, 0.05) is 10.6 Å². The minimum Gasteiger partial charge on any atom is -0.486 e. The number of hydrogen-bond donors (Lipinski definition) is 2. The van der Waals surface area contributed by atoms with Crippen molar-refractivity contribution in [1.29, 1.82) is 0 Å². The minimum atomic E-state index is -0.555. The Morgan fingerprint density at radius 2 is 1.84 bits per heavy atom. The molecule has 1 heterocycles. The smallest absolute Gasteiger partial charge is 0.326 e. The zero-order chi connectivity index (χ0) is 18.0. The molecule has 0 saturated carbocycles. The Balaban J connectivity index is 1.81. The number of rotatable bonds is 4. The largest absolute Gasteiger partial charge is 0.486 e. The molecule has 2 N–H and O–H groups in total. The molecular formula is C17H11BrCl2N2O3. The molecule has 0 radical (unpaired) electrons. The molecule has 1 saturated heterocycles. The predicted molar refractivity (Wildman–Crippen MR) is 99.6 cm³/mol. The maximum atomic E-state index is 11.6. The van der Waals surface area contributed by atoms with Crippen LogP contribution in [0.15, 0.2) is 46.6 Å². The van der Waals surface area contributed by atoms with Crippen molar-refractivity contribution in [2.75, 3.05) is 0 Å². The lowest BCUT2D eigenvalue weighted by Crippen LogP contribution is -2.22. The number of benzene rings is 2. The Morgan fingerprint density at radius 1 is 1.08 bits per heavy atom. The van der Waals surface area contributed by atoms with E-state index in [2.05, 4.69) is 26.6 Å². The van der Waals surface area contributed by atoms with Gasteiger partial charge in [0.05, 0.1) is 9.50 Å². The number of urea groups is 1. The van der Waals surface area contributed by atoms with E-state index in [0.717, 1.165) is 5.56 Å². The molecule has 0 unspecified atom stereocenters. The monoisotopic (exact) mass is 440 g/mol. The summed E-state index contributed by atoms with van der Waals surface area (Å²) in [5, 5.41) is 5.52. The van der Waals surface area contributed by atoms with E-state index in [1.165, 1.54) is 6.08 Å². The molecule has 3 amide bonds. The molecule has 0 atom stereocenters. The Kier molecular flexibility index (Phi) is 5.32. The van der Waals surface area contributed by atoms with E-state index in [0.29, 0.717) is 25.8 Å². The fourth-order valence-corrected chi connectivity index (χ4v) is 3.39. The third-order valence-corrected chi connectivity index (χ3v) is 4.62. The van der Waals surface area contributed by atoms with Gasteiger partial charge in [-0.25, -0.2) is 4.79 Å². The fraction of sp³-hybridized carbons (Fsp3) is 0.0588. The summed E-state index contributed by atoms with van der Waals surface area (Å²) >= 11 is 15.8. The maximum Gasteiger partial charge on any atom is 0.326 e. The normalized spacial score (nSPS) is 15.2. The summed E-state index contributed by atoms with van der Waals surface area (Å²) < 4.78 is 6.38. The van der Waals surface area contributed by atoms with Crippen molar-refractivity contribution in [3.63, 3.8) is 0 Å². The van der Waals surface area contributed by atoms with Gasteiger partial charge in [0.25, 0.3) is 5.91 Å². The van der Waals surface area contributed by atoms with Gasteiger partial charge < -0.3 is 10.1 Å². The summed E-state index contributed by atoms with van der Waals surface area (Å²) in [6, 6.07) is 10.2. The zero-order valence-corrected chi connectivity index (χ0v) is 15.7. The molecule has 128 valence electrons. The molecule has 3 rings (SSSR count). The molecule has 0 aromatic heterocycles. The van der Waals surface area contributed by atoms with Crippen molar-refractivity contribution in [2.24, 2.45) is 0 Å². The van der Waals surface area contributed by atoms with Crippen LogP contribution in [-0.2, 0) is 11.4 Å². The first-order valence-corrected chi connectivity index (χ1v) is 8.68. The predicted octanol–water partition coefficient (Wildman–Crippen LogP) is 4.52. The first kappa shape index (κ1) is 17.8. The maximum absolute atomic E-state index is 11.6. The van der Waals surface area contributed by atoms with E-state index in [1.807, 2.05) is 18.2 Å². The van der Waals surface area contributed by atoms with Crippen molar-refractivity contribution >= 4 is 57.1 Å². The fourth-order valence-electron chi connectivity index (χ4n) is 2.22. The Hall–Kier alpha value is -2.02. The van der Waals surface area contributed by atoms with Gasteiger partial charge >= 0.3 is 6.03 Å². The van der Waals surface area contributed by atoms with Crippen LogP contribution in [0.1, 0.15) is 11.1 Å². The molecule has 25 heavy (non-hydrogen) atoms. The van der Waals surface area contributed by atoms with Gasteiger partial charge in [0.2, 0.25) is 0 Å². The van der Waals surface area contributed by atoms with Crippen LogP contribution >= 0.6 is 39.1 Å². The molecule has 5 nitrogen and oxygen atoms in total. The number of amides is 3. The van der Waals surface area contributed by atoms with Crippen molar-refractivity contribution in [2.45, 2.75) is 6.61 Å². The Morgan fingerprint density at radius 3 is 2.48 bits per heavy atom. The highest BCUT2D eigenvalue weighted by Crippen LogP contribution is 2.36. The summed E-state index contributed by atoms with van der Waals surface area (Å²) in [6.07, 6.45) is 1.52. The molecule has 1 aliphatic heterocycles. The van der Waals surface area contributed by atoms with Gasteiger partial charge in [0.15, 0.2) is 5.75 Å². The quantitative estimate of drug-likeness (QED) is 0.541. The van der Waals surface area contributed by atoms with Gasteiger partial charge in [-0.3, -0.25) is 10.1 Å². The lowest BCUT2D eigenvalue weighted by atomic mass is 10.2. The van der Waals surface area contributed by atoms with E-state index < -0.39 is 11.9 Å². The lowest BCUT2D eigenvalue weighted by molar-refractivity contribution is -0.115. The van der Waals surface area contributed by atoms with Crippen LogP contribution in [0.25, 0.3) is 6.08 Å². The Bertz CT molecular complexity index is 876. The van der Waals surface area contributed by atoms with Crippen LogP contribution < -0.4 is 15.4 Å². The van der Waals surface area contributed by atoms with E-state index in [4.69, 9.17) is 27.9 Å². The third kappa shape index (κ3) is 4.15. The number of ether oxygens (including phenoxy) is 1. The van der Waals surface area contributed by atoms with Gasteiger partial charge in [-0.2, -0.15) is 0 Å². The number of halogens is 3. The standard InChI is InChI=1S/C17H11BrCl2N2O3/c18-11-5-9(7-14-16(23)22-17(24)21-14)6-13(20)15(11)25-8-10-3-1-2-4-12(10)19/h1-7H,8H2,(H2,21,22,23,24)/b14-7+. The molecule has 8 heteroatoms. The van der Waals surface area contributed by atoms with Crippen LogP contribution in [-0.4, -0.2) is 11.9 Å². The topological polar surface area (TPSA) is 67.4 Å². The average molecular weight is 442 g/mol.